The van der Waals surface area contributed by atoms with E-state index in [2.05, 4.69) is 10.6 Å². The number of carbonyl (C=O) groups is 1. The quantitative estimate of drug-likeness (QED) is 0.801. The van der Waals surface area contributed by atoms with Gasteiger partial charge in [-0.2, -0.15) is 0 Å². The number of urea groups is 1. The minimum absolute atomic E-state index is 0.0143. The molecule has 2 rings (SSSR count). The minimum Gasteiger partial charge on any atom is -0.387 e. The van der Waals surface area contributed by atoms with Crippen molar-refractivity contribution >= 4 is 23.3 Å². The highest BCUT2D eigenvalue weighted by molar-refractivity contribution is 6.31. The number of aryl methyl sites for hydroxylation is 2. The first-order chi connectivity index (χ1) is 10.9. The van der Waals surface area contributed by atoms with Crippen molar-refractivity contribution in [1.82, 2.24) is 9.88 Å². The molecule has 0 fully saturated rings. The Bertz CT molecular complexity index is 773. The fourth-order valence-corrected chi connectivity index (χ4v) is 2.33. The van der Waals surface area contributed by atoms with Gasteiger partial charge in [0.05, 0.1) is 11.8 Å². The summed E-state index contributed by atoms with van der Waals surface area (Å²) in [4.78, 5) is 23.4. The van der Waals surface area contributed by atoms with Crippen molar-refractivity contribution in [3.8, 4) is 0 Å². The van der Waals surface area contributed by atoms with Crippen molar-refractivity contribution in [3.63, 3.8) is 0 Å². The zero-order valence-electron chi connectivity index (χ0n) is 12.8. The molecule has 6 nitrogen and oxygen atoms in total. The molecule has 0 spiro atoms. The average Bonchev–Trinajstić information content (AvgIpc) is 2.51. The highest BCUT2D eigenvalue weighted by Crippen LogP contribution is 2.21. The van der Waals surface area contributed by atoms with Crippen molar-refractivity contribution in [2.45, 2.75) is 13.0 Å². The predicted octanol–water partition coefficient (Wildman–Crippen LogP) is 2.20. The number of rotatable bonds is 4. The number of hydrogen-bond donors (Lipinski definition) is 3. The summed E-state index contributed by atoms with van der Waals surface area (Å²) in [6, 6.07) is 7.86. The van der Waals surface area contributed by atoms with Crippen LogP contribution in [0.5, 0.6) is 0 Å². The van der Waals surface area contributed by atoms with Crippen molar-refractivity contribution in [1.29, 1.82) is 0 Å². The van der Waals surface area contributed by atoms with Gasteiger partial charge in [0.15, 0.2) is 0 Å². The fraction of sp³-hybridized carbons (Fsp3) is 0.250. The molecular formula is C16H18ClN3O3. The zero-order valence-corrected chi connectivity index (χ0v) is 13.6. The lowest BCUT2D eigenvalue weighted by atomic mass is 10.1. The van der Waals surface area contributed by atoms with Gasteiger partial charge >= 0.3 is 6.03 Å². The van der Waals surface area contributed by atoms with Crippen LogP contribution >= 0.6 is 11.6 Å². The van der Waals surface area contributed by atoms with Crippen LogP contribution in [0, 0.1) is 6.92 Å². The molecule has 1 aromatic carbocycles. The van der Waals surface area contributed by atoms with E-state index in [1.165, 1.54) is 10.6 Å². The second-order valence-electron chi connectivity index (χ2n) is 5.19. The number of benzene rings is 1. The Morgan fingerprint density at radius 1 is 1.39 bits per heavy atom. The number of aromatic nitrogens is 1. The van der Waals surface area contributed by atoms with E-state index >= 15 is 0 Å². The van der Waals surface area contributed by atoms with Crippen LogP contribution in [0.2, 0.25) is 5.02 Å². The lowest BCUT2D eigenvalue weighted by molar-refractivity contribution is 0.175. The Kier molecular flexibility index (Phi) is 5.41. The largest absolute Gasteiger partial charge is 0.387 e. The molecule has 0 aliphatic carbocycles. The Hall–Kier alpha value is -2.31. The first kappa shape index (κ1) is 17.1. The maximum atomic E-state index is 11.9. The smallest absolute Gasteiger partial charge is 0.319 e. The molecule has 122 valence electrons. The van der Waals surface area contributed by atoms with Crippen molar-refractivity contribution in [3.05, 3.63) is 63.0 Å². The summed E-state index contributed by atoms with van der Waals surface area (Å²) in [5.41, 5.74) is 1.59. The molecule has 2 amide bonds. The van der Waals surface area contributed by atoms with Crippen molar-refractivity contribution < 1.29 is 9.90 Å². The Balaban J connectivity index is 1.97. The second kappa shape index (κ2) is 7.30. The number of carbonyl (C=O) groups excluding carboxylic acids is 1. The summed E-state index contributed by atoms with van der Waals surface area (Å²) in [6.07, 6.45) is 0.637. The standard InChI is InChI=1S/C16H18ClN3O3/c1-10-7-15(22)20(2)9-13(10)19-16(23)18-8-14(21)11-5-3-4-6-12(11)17/h3-7,9,14,21H,8H2,1-2H3,(H2,18,19,23). The summed E-state index contributed by atoms with van der Waals surface area (Å²) >= 11 is 6.00. The highest BCUT2D eigenvalue weighted by Gasteiger charge is 2.13. The molecule has 2 aromatic rings. The molecule has 1 heterocycles. The molecular weight excluding hydrogens is 318 g/mol. The number of nitrogens with one attached hydrogen (secondary N) is 2. The van der Waals surface area contributed by atoms with Crippen LogP contribution < -0.4 is 16.2 Å². The van der Waals surface area contributed by atoms with E-state index in [0.29, 0.717) is 21.8 Å². The number of nitrogens with zero attached hydrogens (tertiary/aromatic N) is 1. The van der Waals surface area contributed by atoms with Crippen LogP contribution in [0.15, 0.2) is 41.3 Å². The highest BCUT2D eigenvalue weighted by atomic mass is 35.5. The molecule has 0 aliphatic rings. The third-order valence-electron chi connectivity index (χ3n) is 3.40. The van der Waals surface area contributed by atoms with Gasteiger partial charge in [-0.1, -0.05) is 29.8 Å². The molecule has 3 N–H and O–H groups in total. The molecule has 1 atom stereocenters. The summed E-state index contributed by atoms with van der Waals surface area (Å²) in [5, 5.41) is 15.7. The van der Waals surface area contributed by atoms with E-state index in [1.54, 1.807) is 44.4 Å². The van der Waals surface area contributed by atoms with E-state index in [9.17, 15) is 14.7 Å². The van der Waals surface area contributed by atoms with Crippen LogP contribution in [0.25, 0.3) is 0 Å². The van der Waals surface area contributed by atoms with E-state index < -0.39 is 12.1 Å². The Morgan fingerprint density at radius 2 is 2.09 bits per heavy atom. The number of hydrogen-bond acceptors (Lipinski definition) is 3. The SMILES string of the molecule is Cc1cc(=O)n(C)cc1NC(=O)NCC(O)c1ccccc1Cl. The van der Waals surface area contributed by atoms with Crippen molar-refractivity contribution in [2.75, 3.05) is 11.9 Å². The molecule has 0 aliphatic heterocycles. The summed E-state index contributed by atoms with van der Waals surface area (Å²) in [7, 11) is 1.60. The summed E-state index contributed by atoms with van der Waals surface area (Å²) in [6.45, 7) is 1.75. The van der Waals surface area contributed by atoms with Crippen LogP contribution in [0.3, 0.4) is 0 Å². The van der Waals surface area contributed by atoms with E-state index in [-0.39, 0.29) is 12.1 Å². The number of aliphatic hydroxyl groups is 1. The van der Waals surface area contributed by atoms with E-state index in [0.717, 1.165) is 0 Å². The van der Waals surface area contributed by atoms with Gasteiger partial charge < -0.3 is 20.3 Å². The zero-order chi connectivity index (χ0) is 17.0. The molecule has 0 saturated carbocycles. The van der Waals surface area contributed by atoms with Crippen LogP contribution in [0.4, 0.5) is 10.5 Å². The Morgan fingerprint density at radius 3 is 2.78 bits per heavy atom. The average molecular weight is 336 g/mol. The maximum Gasteiger partial charge on any atom is 0.319 e. The molecule has 0 radical (unpaired) electrons. The van der Waals surface area contributed by atoms with Gasteiger partial charge in [0.25, 0.3) is 5.56 Å². The molecule has 0 saturated heterocycles. The molecule has 1 aromatic heterocycles. The van der Waals surface area contributed by atoms with Gasteiger partial charge in [0.2, 0.25) is 0 Å². The van der Waals surface area contributed by atoms with Gasteiger partial charge in [-0.15, -0.1) is 0 Å². The van der Waals surface area contributed by atoms with E-state index in [4.69, 9.17) is 11.6 Å². The lowest BCUT2D eigenvalue weighted by Crippen LogP contribution is -2.33. The maximum absolute atomic E-state index is 11.9. The summed E-state index contributed by atoms with van der Waals surface area (Å²) in [5.74, 6) is 0. The number of aliphatic hydroxyl groups excluding tert-OH is 1. The molecule has 23 heavy (non-hydrogen) atoms. The van der Waals surface area contributed by atoms with Gasteiger partial charge in [0, 0.05) is 36.4 Å². The van der Waals surface area contributed by atoms with Gasteiger partial charge in [-0.3, -0.25) is 4.79 Å². The van der Waals surface area contributed by atoms with Gasteiger partial charge in [0.1, 0.15) is 0 Å². The van der Waals surface area contributed by atoms with Crippen LogP contribution in [0.1, 0.15) is 17.2 Å². The van der Waals surface area contributed by atoms with Gasteiger partial charge in [-0.05, 0) is 18.6 Å². The molecule has 0 bridgehead atoms. The molecule has 7 heteroatoms. The summed E-state index contributed by atoms with van der Waals surface area (Å²) < 4.78 is 1.38. The van der Waals surface area contributed by atoms with Gasteiger partial charge in [-0.25, -0.2) is 4.79 Å². The number of anilines is 1. The molecule has 1 unspecified atom stereocenters. The third kappa shape index (κ3) is 4.34. The van der Waals surface area contributed by atoms with Crippen LogP contribution in [-0.2, 0) is 7.05 Å². The Labute approximate surface area is 138 Å². The number of pyridine rings is 1. The second-order valence-corrected chi connectivity index (χ2v) is 5.60. The number of amides is 2. The lowest BCUT2D eigenvalue weighted by Gasteiger charge is -2.15. The predicted molar refractivity (Wildman–Crippen MR) is 89.9 cm³/mol. The topological polar surface area (TPSA) is 83.4 Å². The third-order valence-corrected chi connectivity index (χ3v) is 3.75. The monoisotopic (exact) mass is 335 g/mol. The first-order valence-electron chi connectivity index (χ1n) is 7.03. The van der Waals surface area contributed by atoms with Crippen molar-refractivity contribution in [2.24, 2.45) is 7.05 Å². The number of halogens is 1. The van der Waals surface area contributed by atoms with E-state index in [1.807, 2.05) is 0 Å². The first-order valence-corrected chi connectivity index (χ1v) is 7.41. The minimum atomic E-state index is -0.907. The van der Waals surface area contributed by atoms with Crippen LogP contribution in [-0.4, -0.2) is 22.2 Å². The fourth-order valence-electron chi connectivity index (χ4n) is 2.07. The normalized spacial score (nSPS) is 11.8.